The van der Waals surface area contributed by atoms with Crippen LogP contribution in [0.2, 0.25) is 0 Å². The van der Waals surface area contributed by atoms with Crippen molar-refractivity contribution in [1.29, 1.82) is 0 Å². The zero-order valence-electron chi connectivity index (χ0n) is 13.9. The Hall–Kier alpha value is -3.35. The third-order valence-corrected chi connectivity index (χ3v) is 3.17. The van der Waals surface area contributed by atoms with E-state index in [2.05, 4.69) is 15.4 Å². The van der Waals surface area contributed by atoms with Crippen LogP contribution in [0.25, 0.3) is 0 Å². The Bertz CT molecular complexity index is 771. The van der Waals surface area contributed by atoms with Crippen molar-refractivity contribution in [3.8, 4) is 5.75 Å². The van der Waals surface area contributed by atoms with E-state index in [1.807, 2.05) is 6.92 Å². The maximum absolute atomic E-state index is 12.0. The molecule has 2 aromatic rings. The number of nitrogens with one attached hydrogen (secondary N) is 2. The van der Waals surface area contributed by atoms with Gasteiger partial charge in [-0.1, -0.05) is 6.07 Å². The average Bonchev–Trinajstić information content (AvgIpc) is 2.63. The largest absolute Gasteiger partial charge is 0.494 e. The molecular formula is C18H18N2O5. The minimum atomic E-state index is -0.851. The molecule has 0 bridgehead atoms. The number of carbonyl (C=O) groups is 3. The molecule has 0 heterocycles. The fraction of sp³-hybridized carbons (Fsp3) is 0.167. The minimum Gasteiger partial charge on any atom is -0.494 e. The molecule has 0 aromatic heterocycles. The van der Waals surface area contributed by atoms with Crippen LogP contribution >= 0.6 is 0 Å². The lowest BCUT2D eigenvalue weighted by molar-refractivity contribution is -0.132. The molecule has 0 fully saturated rings. The van der Waals surface area contributed by atoms with E-state index >= 15 is 0 Å². The highest BCUT2D eigenvalue weighted by molar-refractivity contribution is 6.43. The number of esters is 1. The molecule has 0 saturated heterocycles. The van der Waals surface area contributed by atoms with Crippen LogP contribution in [-0.2, 0) is 14.3 Å². The summed E-state index contributed by atoms with van der Waals surface area (Å²) < 4.78 is 9.91. The van der Waals surface area contributed by atoms with Crippen molar-refractivity contribution < 1.29 is 23.9 Å². The molecule has 0 aliphatic rings. The second kappa shape index (κ2) is 8.49. The maximum Gasteiger partial charge on any atom is 0.337 e. The molecule has 0 radical (unpaired) electrons. The predicted molar refractivity (Wildman–Crippen MR) is 92.7 cm³/mol. The predicted octanol–water partition coefficient (Wildman–Crippen LogP) is 2.45. The highest BCUT2D eigenvalue weighted by Gasteiger charge is 2.15. The lowest BCUT2D eigenvalue weighted by Crippen LogP contribution is -2.29. The van der Waals surface area contributed by atoms with Gasteiger partial charge in [-0.3, -0.25) is 9.59 Å². The summed E-state index contributed by atoms with van der Waals surface area (Å²) in [5.41, 5.74) is 1.05. The SMILES string of the molecule is CCOc1ccc(NC(=O)C(=O)Nc2cccc(C(=O)OC)c2)cc1. The summed E-state index contributed by atoms with van der Waals surface area (Å²) in [5, 5.41) is 4.91. The van der Waals surface area contributed by atoms with Gasteiger partial charge in [-0.05, 0) is 49.4 Å². The van der Waals surface area contributed by atoms with Gasteiger partial charge in [0.15, 0.2) is 0 Å². The van der Waals surface area contributed by atoms with Gasteiger partial charge in [-0.2, -0.15) is 0 Å². The van der Waals surface area contributed by atoms with E-state index in [1.54, 1.807) is 42.5 Å². The van der Waals surface area contributed by atoms with Crippen molar-refractivity contribution in [3.63, 3.8) is 0 Å². The van der Waals surface area contributed by atoms with Crippen molar-refractivity contribution in [1.82, 2.24) is 0 Å². The zero-order chi connectivity index (χ0) is 18.2. The first-order valence-electron chi connectivity index (χ1n) is 7.57. The zero-order valence-corrected chi connectivity index (χ0v) is 13.9. The molecule has 0 aliphatic heterocycles. The molecule has 130 valence electrons. The van der Waals surface area contributed by atoms with Gasteiger partial charge < -0.3 is 20.1 Å². The van der Waals surface area contributed by atoms with Gasteiger partial charge in [-0.15, -0.1) is 0 Å². The summed E-state index contributed by atoms with van der Waals surface area (Å²) in [6, 6.07) is 12.8. The molecule has 7 heteroatoms. The van der Waals surface area contributed by atoms with Gasteiger partial charge in [-0.25, -0.2) is 4.79 Å². The van der Waals surface area contributed by atoms with Gasteiger partial charge in [0.1, 0.15) is 5.75 Å². The van der Waals surface area contributed by atoms with Crippen LogP contribution in [0.4, 0.5) is 11.4 Å². The second-order valence-electron chi connectivity index (χ2n) is 4.94. The third kappa shape index (κ3) is 5.07. The van der Waals surface area contributed by atoms with Crippen molar-refractivity contribution in [3.05, 3.63) is 54.1 Å². The van der Waals surface area contributed by atoms with E-state index < -0.39 is 17.8 Å². The summed E-state index contributed by atoms with van der Waals surface area (Å²) in [6.45, 7) is 2.41. The lowest BCUT2D eigenvalue weighted by atomic mass is 10.2. The van der Waals surface area contributed by atoms with Gasteiger partial charge in [0, 0.05) is 11.4 Å². The van der Waals surface area contributed by atoms with Crippen molar-refractivity contribution in [2.75, 3.05) is 24.4 Å². The summed E-state index contributed by atoms with van der Waals surface area (Å²) in [5.74, 6) is -1.54. The van der Waals surface area contributed by atoms with Crippen LogP contribution in [0.15, 0.2) is 48.5 Å². The molecule has 0 saturated carbocycles. The Labute approximate surface area is 144 Å². The standard InChI is InChI=1S/C18H18N2O5/c1-3-25-15-9-7-13(8-10-15)19-16(21)17(22)20-14-6-4-5-12(11-14)18(23)24-2/h4-11H,3H2,1-2H3,(H,19,21)(H,20,22). The van der Waals surface area contributed by atoms with Crippen LogP contribution in [0, 0.1) is 0 Å². The van der Waals surface area contributed by atoms with E-state index in [0.29, 0.717) is 23.7 Å². The van der Waals surface area contributed by atoms with Gasteiger partial charge in [0.2, 0.25) is 0 Å². The number of ether oxygens (including phenoxy) is 2. The molecule has 0 aliphatic carbocycles. The van der Waals surface area contributed by atoms with Gasteiger partial charge >= 0.3 is 17.8 Å². The average molecular weight is 342 g/mol. The highest BCUT2D eigenvalue weighted by atomic mass is 16.5. The van der Waals surface area contributed by atoms with Crippen LogP contribution in [0.3, 0.4) is 0 Å². The lowest BCUT2D eigenvalue weighted by Gasteiger charge is -2.08. The van der Waals surface area contributed by atoms with E-state index in [-0.39, 0.29) is 5.56 Å². The van der Waals surface area contributed by atoms with E-state index in [1.165, 1.54) is 13.2 Å². The molecule has 2 amide bonds. The molecule has 25 heavy (non-hydrogen) atoms. The van der Waals surface area contributed by atoms with Crippen LogP contribution in [0.5, 0.6) is 5.75 Å². The minimum absolute atomic E-state index is 0.271. The second-order valence-corrected chi connectivity index (χ2v) is 4.94. The molecule has 2 aromatic carbocycles. The van der Waals surface area contributed by atoms with Crippen molar-refractivity contribution in [2.24, 2.45) is 0 Å². The molecule has 2 rings (SSSR count). The summed E-state index contributed by atoms with van der Waals surface area (Å²) in [6.07, 6.45) is 0. The summed E-state index contributed by atoms with van der Waals surface area (Å²) in [4.78, 5) is 35.4. The highest BCUT2D eigenvalue weighted by Crippen LogP contribution is 2.16. The maximum atomic E-state index is 12.0. The number of benzene rings is 2. The first kappa shape index (κ1) is 18.0. The molecule has 2 N–H and O–H groups in total. The number of hydrogen-bond donors (Lipinski definition) is 2. The smallest absolute Gasteiger partial charge is 0.337 e. The van der Waals surface area contributed by atoms with Gasteiger partial charge in [0.05, 0.1) is 19.3 Å². The molecule has 0 atom stereocenters. The molecule has 0 spiro atoms. The number of anilines is 2. The Balaban J connectivity index is 1.98. The monoisotopic (exact) mass is 342 g/mol. The Morgan fingerprint density at radius 3 is 2.16 bits per heavy atom. The molecule has 0 unspecified atom stereocenters. The topological polar surface area (TPSA) is 93.7 Å². The quantitative estimate of drug-likeness (QED) is 0.643. The summed E-state index contributed by atoms with van der Waals surface area (Å²) >= 11 is 0. The number of amides is 2. The molecule has 7 nitrogen and oxygen atoms in total. The Morgan fingerprint density at radius 1 is 0.920 bits per heavy atom. The fourth-order valence-corrected chi connectivity index (χ4v) is 2.02. The van der Waals surface area contributed by atoms with Crippen molar-refractivity contribution in [2.45, 2.75) is 6.92 Å². The normalized spacial score (nSPS) is 9.84. The third-order valence-electron chi connectivity index (χ3n) is 3.17. The first-order chi connectivity index (χ1) is 12.0. The van der Waals surface area contributed by atoms with Gasteiger partial charge in [0.25, 0.3) is 0 Å². The van der Waals surface area contributed by atoms with E-state index in [0.717, 1.165) is 0 Å². The molecular weight excluding hydrogens is 324 g/mol. The van der Waals surface area contributed by atoms with E-state index in [4.69, 9.17) is 4.74 Å². The van der Waals surface area contributed by atoms with Crippen LogP contribution in [0.1, 0.15) is 17.3 Å². The number of carbonyl (C=O) groups excluding carboxylic acids is 3. The van der Waals surface area contributed by atoms with Crippen LogP contribution in [-0.4, -0.2) is 31.5 Å². The van der Waals surface area contributed by atoms with Crippen LogP contribution < -0.4 is 15.4 Å². The number of rotatable bonds is 5. The Morgan fingerprint density at radius 2 is 1.56 bits per heavy atom. The Kier molecular flexibility index (Phi) is 6.11. The number of hydrogen-bond acceptors (Lipinski definition) is 5. The summed E-state index contributed by atoms with van der Waals surface area (Å²) in [7, 11) is 1.26. The first-order valence-corrected chi connectivity index (χ1v) is 7.57. The fourth-order valence-electron chi connectivity index (χ4n) is 2.02. The van der Waals surface area contributed by atoms with E-state index in [9.17, 15) is 14.4 Å². The van der Waals surface area contributed by atoms with Crippen molar-refractivity contribution >= 4 is 29.2 Å². The number of methoxy groups -OCH3 is 1.